The van der Waals surface area contributed by atoms with Gasteiger partial charge in [-0.25, -0.2) is 4.79 Å². The summed E-state index contributed by atoms with van der Waals surface area (Å²) in [5.74, 6) is -0.919. The Labute approximate surface area is 143 Å². The third kappa shape index (κ3) is 4.58. The summed E-state index contributed by atoms with van der Waals surface area (Å²) in [6.07, 6.45) is 2.89. The molecule has 4 nitrogen and oxygen atoms in total. The van der Waals surface area contributed by atoms with Crippen LogP contribution in [0.5, 0.6) is 0 Å². The van der Waals surface area contributed by atoms with Crippen LogP contribution in [-0.4, -0.2) is 19.0 Å². The van der Waals surface area contributed by atoms with Gasteiger partial charge in [0.25, 0.3) is 0 Å². The van der Waals surface area contributed by atoms with E-state index in [4.69, 9.17) is 23.2 Å². The van der Waals surface area contributed by atoms with Gasteiger partial charge >= 0.3 is 5.97 Å². The third-order valence-corrected chi connectivity index (χ3v) is 3.53. The van der Waals surface area contributed by atoms with Crippen LogP contribution >= 0.6 is 23.2 Å². The van der Waals surface area contributed by atoms with Gasteiger partial charge in [-0.2, -0.15) is 0 Å². The molecule has 0 aliphatic carbocycles. The normalized spacial score (nSPS) is 10.6. The van der Waals surface area contributed by atoms with Crippen molar-refractivity contribution in [3.8, 4) is 0 Å². The zero-order valence-corrected chi connectivity index (χ0v) is 13.7. The molecule has 2 aromatic rings. The smallest absolute Gasteiger partial charge is 0.339 e. The molecule has 0 radical (unpaired) electrons. The lowest BCUT2D eigenvalue weighted by Gasteiger charge is -2.07. The molecule has 118 valence electrons. The molecule has 0 atom stereocenters. The van der Waals surface area contributed by atoms with Crippen molar-refractivity contribution >= 4 is 46.8 Å². The fraction of sp³-hybridized carbons (Fsp3) is 0.0588. The largest absolute Gasteiger partial charge is 0.465 e. The average Bonchev–Trinajstić information content (AvgIpc) is 2.54. The van der Waals surface area contributed by atoms with Crippen LogP contribution in [0.15, 0.2) is 48.5 Å². The molecule has 0 aliphatic heterocycles. The zero-order chi connectivity index (χ0) is 16.8. The number of para-hydroxylation sites is 1. The first-order valence-corrected chi connectivity index (χ1v) is 7.38. The van der Waals surface area contributed by atoms with Crippen LogP contribution < -0.4 is 5.32 Å². The number of nitrogens with one attached hydrogen (secondary N) is 1. The summed E-state index contributed by atoms with van der Waals surface area (Å²) in [6.45, 7) is 0. The second-order valence-corrected chi connectivity index (χ2v) is 5.37. The Balaban J connectivity index is 2.14. The van der Waals surface area contributed by atoms with Gasteiger partial charge in [-0.05, 0) is 35.9 Å². The van der Waals surface area contributed by atoms with E-state index >= 15 is 0 Å². The molecule has 0 saturated carbocycles. The van der Waals surface area contributed by atoms with Crippen molar-refractivity contribution in [2.24, 2.45) is 0 Å². The summed E-state index contributed by atoms with van der Waals surface area (Å²) in [7, 11) is 1.28. The van der Waals surface area contributed by atoms with Gasteiger partial charge in [0.1, 0.15) is 0 Å². The summed E-state index contributed by atoms with van der Waals surface area (Å²) >= 11 is 11.8. The molecule has 2 rings (SSSR count). The number of amides is 1. The molecule has 0 spiro atoms. The van der Waals surface area contributed by atoms with E-state index in [-0.39, 0.29) is 5.56 Å². The highest BCUT2D eigenvalue weighted by Gasteiger charge is 2.12. The number of hydrogen-bond acceptors (Lipinski definition) is 3. The highest BCUT2D eigenvalue weighted by molar-refractivity contribution is 6.35. The van der Waals surface area contributed by atoms with Gasteiger partial charge in [-0.15, -0.1) is 0 Å². The Bertz CT molecular complexity index is 772. The van der Waals surface area contributed by atoms with Crippen LogP contribution in [0.2, 0.25) is 10.0 Å². The molecular weight excluding hydrogens is 337 g/mol. The second-order valence-electron chi connectivity index (χ2n) is 4.53. The minimum atomic E-state index is -0.523. The highest BCUT2D eigenvalue weighted by atomic mass is 35.5. The van der Waals surface area contributed by atoms with Crippen molar-refractivity contribution in [1.29, 1.82) is 0 Å². The lowest BCUT2D eigenvalue weighted by molar-refractivity contribution is -0.111. The van der Waals surface area contributed by atoms with E-state index in [0.29, 0.717) is 21.3 Å². The minimum Gasteiger partial charge on any atom is -0.465 e. The van der Waals surface area contributed by atoms with Gasteiger partial charge in [-0.1, -0.05) is 41.4 Å². The number of rotatable bonds is 4. The molecule has 6 heteroatoms. The Morgan fingerprint density at radius 1 is 1.13 bits per heavy atom. The highest BCUT2D eigenvalue weighted by Crippen LogP contribution is 2.22. The standard InChI is InChI=1S/C17H13Cl2NO3/c1-23-17(22)13-4-2-3-5-15(13)20-16(21)9-7-11-6-8-12(18)10-14(11)19/h2-10H,1H3,(H,20,21). The molecule has 23 heavy (non-hydrogen) atoms. The molecular formula is C17H13Cl2NO3. The molecule has 1 N–H and O–H groups in total. The van der Waals surface area contributed by atoms with E-state index in [1.807, 2.05) is 0 Å². The summed E-state index contributed by atoms with van der Waals surface area (Å²) < 4.78 is 4.68. The molecule has 0 bridgehead atoms. The van der Waals surface area contributed by atoms with Gasteiger partial charge in [-0.3, -0.25) is 4.79 Å². The van der Waals surface area contributed by atoms with Crippen molar-refractivity contribution in [3.05, 3.63) is 69.7 Å². The predicted octanol–water partition coefficient (Wildman–Crippen LogP) is 4.43. The van der Waals surface area contributed by atoms with Crippen molar-refractivity contribution < 1.29 is 14.3 Å². The van der Waals surface area contributed by atoms with Gasteiger partial charge < -0.3 is 10.1 Å². The fourth-order valence-electron chi connectivity index (χ4n) is 1.86. The number of benzene rings is 2. The maximum absolute atomic E-state index is 12.0. The second kappa shape index (κ2) is 7.81. The van der Waals surface area contributed by atoms with Crippen LogP contribution in [0.25, 0.3) is 6.08 Å². The Hall–Kier alpha value is -2.30. The Morgan fingerprint density at radius 2 is 1.87 bits per heavy atom. The Morgan fingerprint density at radius 3 is 2.57 bits per heavy atom. The van der Waals surface area contributed by atoms with Gasteiger partial charge in [0.15, 0.2) is 0 Å². The van der Waals surface area contributed by atoms with Crippen molar-refractivity contribution in [1.82, 2.24) is 0 Å². The maximum Gasteiger partial charge on any atom is 0.339 e. The first-order valence-electron chi connectivity index (χ1n) is 6.62. The molecule has 0 aromatic heterocycles. The predicted molar refractivity (Wildman–Crippen MR) is 91.9 cm³/mol. The number of anilines is 1. The first-order chi connectivity index (χ1) is 11.0. The van der Waals surface area contributed by atoms with Gasteiger partial charge in [0, 0.05) is 16.1 Å². The number of carbonyl (C=O) groups excluding carboxylic acids is 2. The molecule has 0 heterocycles. The van der Waals surface area contributed by atoms with Gasteiger partial charge in [0.2, 0.25) is 5.91 Å². The van der Waals surface area contributed by atoms with E-state index < -0.39 is 11.9 Å². The number of esters is 1. The SMILES string of the molecule is COC(=O)c1ccccc1NC(=O)C=Cc1ccc(Cl)cc1Cl. The number of halogens is 2. The Kier molecular flexibility index (Phi) is 5.79. The zero-order valence-electron chi connectivity index (χ0n) is 12.2. The molecule has 0 saturated heterocycles. The monoisotopic (exact) mass is 349 g/mol. The van der Waals surface area contributed by atoms with E-state index in [1.54, 1.807) is 48.5 Å². The van der Waals surface area contributed by atoms with E-state index in [2.05, 4.69) is 10.1 Å². The van der Waals surface area contributed by atoms with Crippen LogP contribution in [0.3, 0.4) is 0 Å². The van der Waals surface area contributed by atoms with Crippen molar-refractivity contribution in [2.45, 2.75) is 0 Å². The van der Waals surface area contributed by atoms with Gasteiger partial charge in [0.05, 0.1) is 18.4 Å². The molecule has 1 amide bonds. The number of hydrogen-bond donors (Lipinski definition) is 1. The average molecular weight is 350 g/mol. The van der Waals surface area contributed by atoms with Crippen molar-refractivity contribution in [2.75, 3.05) is 12.4 Å². The van der Waals surface area contributed by atoms with Crippen LogP contribution in [-0.2, 0) is 9.53 Å². The van der Waals surface area contributed by atoms with Crippen LogP contribution in [0, 0.1) is 0 Å². The number of methoxy groups -OCH3 is 1. The summed E-state index contributed by atoms with van der Waals surface area (Å²) in [5.41, 5.74) is 1.31. The van der Waals surface area contributed by atoms with Crippen LogP contribution in [0.4, 0.5) is 5.69 Å². The summed E-state index contributed by atoms with van der Waals surface area (Å²) in [4.78, 5) is 23.7. The fourth-order valence-corrected chi connectivity index (χ4v) is 2.33. The topological polar surface area (TPSA) is 55.4 Å². The lowest BCUT2D eigenvalue weighted by Crippen LogP contribution is -2.12. The van der Waals surface area contributed by atoms with E-state index in [9.17, 15) is 9.59 Å². The van der Waals surface area contributed by atoms with E-state index in [0.717, 1.165) is 0 Å². The van der Waals surface area contributed by atoms with Crippen molar-refractivity contribution in [3.63, 3.8) is 0 Å². The molecule has 2 aromatic carbocycles. The molecule has 0 fully saturated rings. The number of carbonyl (C=O) groups is 2. The summed E-state index contributed by atoms with van der Waals surface area (Å²) in [5, 5.41) is 3.59. The number of ether oxygens (including phenoxy) is 1. The summed E-state index contributed by atoms with van der Waals surface area (Å²) in [6, 6.07) is 11.6. The molecule has 0 unspecified atom stereocenters. The first kappa shape index (κ1) is 17.1. The van der Waals surface area contributed by atoms with Crippen LogP contribution in [0.1, 0.15) is 15.9 Å². The molecule has 0 aliphatic rings. The maximum atomic E-state index is 12.0. The lowest BCUT2D eigenvalue weighted by atomic mass is 10.1. The quantitative estimate of drug-likeness (QED) is 0.656. The third-order valence-electron chi connectivity index (χ3n) is 2.97. The minimum absolute atomic E-state index is 0.279. The van der Waals surface area contributed by atoms with E-state index in [1.165, 1.54) is 13.2 Å².